The van der Waals surface area contributed by atoms with Gasteiger partial charge in [0, 0.05) is 56.0 Å². The van der Waals surface area contributed by atoms with E-state index in [1.54, 1.807) is 26.2 Å². The minimum Gasteiger partial charge on any atom is -0.439 e. The molecule has 0 saturated carbocycles. The highest BCUT2D eigenvalue weighted by molar-refractivity contribution is 6.23. The fraction of sp³-hybridized carbons (Fsp3) is 0.562. The summed E-state index contributed by atoms with van der Waals surface area (Å²) >= 11 is 0. The van der Waals surface area contributed by atoms with Crippen LogP contribution in [0.25, 0.3) is 0 Å². The molecule has 0 spiro atoms. The van der Waals surface area contributed by atoms with Gasteiger partial charge in [0.25, 0.3) is 5.91 Å². The summed E-state index contributed by atoms with van der Waals surface area (Å²) in [6.07, 6.45) is 4.48. The largest absolute Gasteiger partial charge is 0.439 e. The zero-order valence-corrected chi connectivity index (χ0v) is 25.9. The number of hydrogen-bond acceptors (Lipinski definition) is 10. The molecule has 2 amide bonds. The third-order valence-electron chi connectivity index (χ3n) is 8.53. The summed E-state index contributed by atoms with van der Waals surface area (Å²) in [6, 6.07) is 0. The van der Waals surface area contributed by atoms with Crippen molar-refractivity contribution < 1.29 is 43.2 Å². The van der Waals surface area contributed by atoms with Gasteiger partial charge in [-0.05, 0) is 38.5 Å². The normalized spacial score (nSPS) is 34.2. The molecule has 4 heterocycles. The third kappa shape index (κ3) is 7.37. The Morgan fingerprint density at radius 3 is 2.48 bits per heavy atom. The smallest absolute Gasteiger partial charge is 0.405 e. The molecular weight excluding hydrogens is 570 g/mol. The highest BCUT2D eigenvalue weighted by Gasteiger charge is 2.41. The maximum absolute atomic E-state index is 13.8. The van der Waals surface area contributed by atoms with Crippen LogP contribution in [0.4, 0.5) is 4.79 Å². The molecule has 1 saturated heterocycles. The maximum Gasteiger partial charge on any atom is 0.405 e. The molecule has 2 unspecified atom stereocenters. The van der Waals surface area contributed by atoms with E-state index in [1.165, 1.54) is 25.3 Å². The topological polar surface area (TPSA) is 167 Å². The van der Waals surface area contributed by atoms with Crippen LogP contribution in [-0.4, -0.2) is 91.6 Å². The number of aliphatic hydroxyl groups excluding tert-OH is 1. The first-order chi connectivity index (χ1) is 20.9. The van der Waals surface area contributed by atoms with E-state index in [-0.39, 0.29) is 40.9 Å². The lowest BCUT2D eigenvalue weighted by molar-refractivity contribution is -0.182. The summed E-state index contributed by atoms with van der Waals surface area (Å²) in [4.78, 5) is 54.2. The average Bonchev–Trinajstić information content (AvgIpc) is 3.50. The van der Waals surface area contributed by atoms with Crippen LogP contribution in [0.1, 0.15) is 46.5 Å². The lowest BCUT2D eigenvalue weighted by Crippen LogP contribution is -2.47. The number of primary amides is 1. The van der Waals surface area contributed by atoms with Crippen molar-refractivity contribution in [1.82, 2.24) is 10.2 Å². The van der Waals surface area contributed by atoms with Crippen molar-refractivity contribution in [3.05, 3.63) is 58.5 Å². The van der Waals surface area contributed by atoms with Crippen LogP contribution >= 0.6 is 0 Å². The van der Waals surface area contributed by atoms with E-state index in [0.29, 0.717) is 30.8 Å². The quantitative estimate of drug-likeness (QED) is 0.316. The molecule has 5 rings (SSSR count). The predicted molar refractivity (Wildman–Crippen MR) is 160 cm³/mol. The van der Waals surface area contributed by atoms with E-state index >= 15 is 0 Å². The number of likely N-dealkylation sites (tertiary alicyclic amines) is 1. The van der Waals surface area contributed by atoms with Gasteiger partial charge in [-0.2, -0.15) is 0 Å². The van der Waals surface area contributed by atoms with Crippen molar-refractivity contribution >= 4 is 23.6 Å². The van der Waals surface area contributed by atoms with Gasteiger partial charge in [-0.1, -0.05) is 38.2 Å². The summed E-state index contributed by atoms with van der Waals surface area (Å²) in [5.74, 6) is -1.70. The minimum absolute atomic E-state index is 0.0718. The lowest BCUT2D eigenvalue weighted by atomic mass is 9.84. The molecule has 1 fully saturated rings. The van der Waals surface area contributed by atoms with Crippen molar-refractivity contribution in [3.63, 3.8) is 0 Å². The van der Waals surface area contributed by atoms with Crippen LogP contribution in [0, 0.1) is 11.8 Å². The average molecular weight is 614 g/mol. The number of nitrogens with zero attached hydrogens (tertiary/aromatic N) is 1. The monoisotopic (exact) mass is 613 g/mol. The number of methoxy groups -OCH3 is 2. The van der Waals surface area contributed by atoms with Crippen molar-refractivity contribution in [2.24, 2.45) is 17.6 Å². The first-order valence-electron chi connectivity index (χ1n) is 15.0. The molecule has 4 N–H and O–H groups in total. The van der Waals surface area contributed by atoms with Crippen molar-refractivity contribution in [3.8, 4) is 0 Å². The van der Waals surface area contributed by atoms with E-state index in [1.807, 2.05) is 18.7 Å². The van der Waals surface area contributed by atoms with Gasteiger partial charge in [-0.15, -0.1) is 0 Å². The van der Waals surface area contributed by atoms with Crippen molar-refractivity contribution in [2.75, 3.05) is 27.3 Å². The van der Waals surface area contributed by atoms with E-state index in [2.05, 4.69) is 5.32 Å². The zero-order chi connectivity index (χ0) is 32.1. The fourth-order valence-corrected chi connectivity index (χ4v) is 6.30. The van der Waals surface area contributed by atoms with E-state index in [4.69, 9.17) is 24.7 Å². The molecule has 4 aliphatic heterocycles. The molecule has 240 valence electrons. The number of nitrogens with one attached hydrogen (secondary N) is 1. The molecule has 5 aliphatic rings. The predicted octanol–water partition coefficient (Wildman–Crippen LogP) is 2.19. The summed E-state index contributed by atoms with van der Waals surface area (Å²) < 4.78 is 22.9. The number of rotatable bonds is 4. The number of allylic oxidation sites excluding steroid dienone is 4. The molecule has 12 heteroatoms. The van der Waals surface area contributed by atoms with Gasteiger partial charge >= 0.3 is 6.09 Å². The van der Waals surface area contributed by atoms with Crippen LogP contribution < -0.4 is 11.1 Å². The Labute approximate surface area is 257 Å². The molecule has 1 aliphatic carbocycles. The minimum atomic E-state index is -1.46. The fourth-order valence-electron chi connectivity index (χ4n) is 6.30. The maximum atomic E-state index is 13.8. The van der Waals surface area contributed by atoms with Crippen LogP contribution in [-0.2, 0) is 33.3 Å². The van der Waals surface area contributed by atoms with E-state index < -0.39 is 48.5 Å². The number of carbonyl (C=O) groups is 4. The third-order valence-corrected chi connectivity index (χ3v) is 8.53. The highest BCUT2D eigenvalue weighted by Crippen LogP contribution is 2.35. The molecular formula is C32H43N3O9. The highest BCUT2D eigenvalue weighted by atomic mass is 16.6. The van der Waals surface area contributed by atoms with Gasteiger partial charge in [-0.3, -0.25) is 14.4 Å². The second-order valence-electron chi connectivity index (χ2n) is 11.8. The summed E-state index contributed by atoms with van der Waals surface area (Å²) in [6.45, 7) is 6.77. The number of carbonyl (C=O) groups excluding carboxylic acids is 4. The van der Waals surface area contributed by atoms with Gasteiger partial charge < -0.3 is 40.0 Å². The van der Waals surface area contributed by atoms with Crippen LogP contribution in [0.3, 0.4) is 0 Å². The lowest BCUT2D eigenvalue weighted by Gasteiger charge is -2.39. The number of nitrogens with two attached hydrogens (primary N) is 1. The van der Waals surface area contributed by atoms with E-state index in [9.17, 15) is 24.3 Å². The number of Topliss-reactive ketones (excluding diaryl/α,β-unsaturated/α-hetero) is 1. The Bertz CT molecular complexity index is 1310. The second kappa shape index (κ2) is 14.5. The molecule has 12 nitrogen and oxygen atoms in total. The molecule has 7 atom stereocenters. The first-order valence-corrected chi connectivity index (χ1v) is 15.0. The Hall–Kier alpha value is -3.58. The van der Waals surface area contributed by atoms with Crippen LogP contribution in [0.5, 0.6) is 0 Å². The Balaban J connectivity index is 1.78. The number of amides is 2. The van der Waals surface area contributed by atoms with Crippen molar-refractivity contribution in [2.45, 2.75) is 77.2 Å². The number of ketones is 2. The molecule has 44 heavy (non-hydrogen) atoms. The second-order valence-corrected chi connectivity index (χ2v) is 11.8. The van der Waals surface area contributed by atoms with E-state index in [0.717, 1.165) is 12.8 Å². The summed E-state index contributed by atoms with van der Waals surface area (Å²) in [7, 11) is 2.95. The molecule has 0 aromatic rings. The van der Waals surface area contributed by atoms with Crippen LogP contribution in [0.2, 0.25) is 0 Å². The van der Waals surface area contributed by atoms with Crippen LogP contribution in [0.15, 0.2) is 58.5 Å². The number of hydrogen-bond donors (Lipinski definition) is 3. The van der Waals surface area contributed by atoms with Gasteiger partial charge in [0.05, 0.1) is 23.6 Å². The molecule has 0 aromatic heterocycles. The number of aliphatic hydroxyl groups is 1. The van der Waals surface area contributed by atoms with Gasteiger partial charge in [0.2, 0.25) is 11.6 Å². The van der Waals surface area contributed by atoms with Gasteiger partial charge in [0.15, 0.2) is 12.4 Å². The zero-order valence-electron chi connectivity index (χ0n) is 25.9. The SMILES string of the molecule is CO[C@H]1/C=C\C=C(/C)C(=O)NC2=CC(=O)C(N3CCCC3)=C(C[C@@H](C)C[C@H](OC)[C@H]3OC(O)C(=CC3C)[C@@H]1OC(N)=O)C2=O. The number of ether oxygens (including phenoxy) is 4. The molecule has 4 bridgehead atoms. The van der Waals surface area contributed by atoms with Gasteiger partial charge in [-0.25, -0.2) is 4.79 Å². The Morgan fingerprint density at radius 1 is 1.14 bits per heavy atom. The Morgan fingerprint density at radius 2 is 1.84 bits per heavy atom. The first kappa shape index (κ1) is 33.3. The summed E-state index contributed by atoms with van der Waals surface area (Å²) in [5, 5.41) is 13.7. The Kier molecular flexibility index (Phi) is 11.0. The van der Waals surface area contributed by atoms with Crippen molar-refractivity contribution in [1.29, 1.82) is 0 Å². The molecule has 0 radical (unpaired) electrons. The summed E-state index contributed by atoms with van der Waals surface area (Å²) in [5.41, 5.74) is 6.56. The standard InChI is InChI=1S/C32H43N3O9/c1-17-13-20-26(35-11-6-7-12-35)23(36)16-22(27(20)37)34-30(38)18(2)9-8-10-24(41-4)29(44-32(33)40)21-15-19(3)28(43-31(21)39)25(14-17)42-5/h8-10,15-17,19,24-25,28-29,31,39H,6-7,11-14H2,1-5H3,(H2,33,40)(H,34,38)/b10-8-,18-9+/t17-,19?,24+,25+,28+,29+,31?/m1/s1. The van der Waals surface area contributed by atoms with Gasteiger partial charge in [0.1, 0.15) is 6.10 Å². The number of fused-ring (bicyclic) bond motifs is 10. The molecule has 0 aromatic carbocycles.